The number of nitrogens with one attached hydrogen (secondary N) is 1. The monoisotopic (exact) mass is 441 g/mol. The molecule has 29 heavy (non-hydrogen) atoms. The molecule has 8 nitrogen and oxygen atoms in total. The van der Waals surface area contributed by atoms with E-state index in [0.29, 0.717) is 11.5 Å². The minimum Gasteiger partial charge on any atom is -0.395 e. The Hall–Kier alpha value is -2.72. The Balaban J connectivity index is 2.54. The molecule has 1 aromatic carbocycles. The Kier molecular flexibility index (Phi) is 6.49. The van der Waals surface area contributed by atoms with Crippen molar-refractivity contribution in [2.75, 3.05) is 10.6 Å². The summed E-state index contributed by atoms with van der Waals surface area (Å²) < 4.78 is 17.4. The highest BCUT2D eigenvalue weighted by Gasteiger charge is 2.33. The van der Waals surface area contributed by atoms with Gasteiger partial charge < -0.3 is 16.8 Å². The Morgan fingerprint density at radius 2 is 1.93 bits per heavy atom. The lowest BCUT2D eigenvalue weighted by molar-refractivity contribution is -0.123. The average molecular weight is 442 g/mol. The molecule has 11 heteroatoms. The maximum absolute atomic E-state index is 13.6. The molecular formula is C18H21ClFN5O3S. The smallest absolute Gasteiger partial charge is 0.272 e. The van der Waals surface area contributed by atoms with Crippen LogP contribution in [0.1, 0.15) is 47.9 Å². The molecule has 2 aromatic rings. The summed E-state index contributed by atoms with van der Waals surface area (Å²) >= 11 is 6.55. The Morgan fingerprint density at radius 1 is 1.31 bits per heavy atom. The first-order chi connectivity index (χ1) is 13.3. The maximum Gasteiger partial charge on any atom is 0.272 e. The number of benzene rings is 1. The average Bonchev–Trinajstić information content (AvgIpc) is 2.98. The van der Waals surface area contributed by atoms with E-state index >= 15 is 0 Å². The van der Waals surface area contributed by atoms with E-state index in [1.807, 2.05) is 0 Å². The molecular weight excluding hydrogens is 421 g/mol. The van der Waals surface area contributed by atoms with Crippen LogP contribution in [0.5, 0.6) is 0 Å². The normalized spacial score (nSPS) is 12.3. The molecule has 156 valence electrons. The molecule has 1 heterocycles. The summed E-state index contributed by atoms with van der Waals surface area (Å²) in [5.41, 5.74) is 10.3. The van der Waals surface area contributed by atoms with Crippen LogP contribution in [0.15, 0.2) is 18.2 Å². The third kappa shape index (κ3) is 5.01. The van der Waals surface area contributed by atoms with Gasteiger partial charge in [0, 0.05) is 11.2 Å². The molecule has 1 atom stereocenters. The minimum atomic E-state index is -1.01. The molecule has 0 saturated heterocycles. The number of nitrogen functional groups attached to an aromatic ring is 1. The molecule has 5 N–H and O–H groups in total. The van der Waals surface area contributed by atoms with Crippen LogP contribution in [-0.2, 0) is 4.79 Å². The van der Waals surface area contributed by atoms with Crippen LogP contribution < -0.4 is 21.7 Å². The number of primary amides is 1. The largest absolute Gasteiger partial charge is 0.395 e. The summed E-state index contributed by atoms with van der Waals surface area (Å²) in [6, 6.07) is 2.60. The molecule has 0 aliphatic rings. The maximum atomic E-state index is 13.6. The number of halogens is 2. The predicted octanol–water partition coefficient (Wildman–Crippen LogP) is 2.57. The molecule has 0 radical (unpaired) electrons. The van der Waals surface area contributed by atoms with Crippen molar-refractivity contribution >= 4 is 52.2 Å². The van der Waals surface area contributed by atoms with E-state index in [9.17, 15) is 18.8 Å². The Labute approximate surface area is 176 Å². The summed E-state index contributed by atoms with van der Waals surface area (Å²) in [4.78, 5) is 38.4. The van der Waals surface area contributed by atoms with Crippen LogP contribution in [0.2, 0.25) is 5.02 Å². The minimum absolute atomic E-state index is 0.0744. The van der Waals surface area contributed by atoms with Gasteiger partial charge in [-0.05, 0) is 57.4 Å². The van der Waals surface area contributed by atoms with Crippen LogP contribution in [-0.4, -0.2) is 33.7 Å². The van der Waals surface area contributed by atoms with Crippen molar-refractivity contribution in [3.63, 3.8) is 0 Å². The van der Waals surface area contributed by atoms with Gasteiger partial charge in [0.15, 0.2) is 5.69 Å². The lowest BCUT2D eigenvalue weighted by Gasteiger charge is -2.31. The Morgan fingerprint density at radius 3 is 2.41 bits per heavy atom. The standard InChI is InChI=1S/C18H21ClFN5O3S/c1-8(16(27)23-18(2,3)4)25(9-5-6-11(20)10(19)7-9)17(28)14-12(21)13(15(22)26)24-29-14/h5-8H,21H2,1-4H3,(H2,22,26)(H,23,27)/t8-/m1/s1. The van der Waals surface area contributed by atoms with Gasteiger partial charge in [0.05, 0.1) is 10.7 Å². The van der Waals surface area contributed by atoms with Crippen LogP contribution in [0, 0.1) is 5.82 Å². The van der Waals surface area contributed by atoms with Gasteiger partial charge in [0.2, 0.25) is 5.91 Å². The van der Waals surface area contributed by atoms with Gasteiger partial charge in [-0.1, -0.05) is 11.6 Å². The number of aromatic nitrogens is 1. The fraction of sp³-hybridized carbons (Fsp3) is 0.333. The highest BCUT2D eigenvalue weighted by atomic mass is 35.5. The van der Waals surface area contributed by atoms with Crippen molar-refractivity contribution in [2.45, 2.75) is 39.3 Å². The van der Waals surface area contributed by atoms with Gasteiger partial charge >= 0.3 is 0 Å². The van der Waals surface area contributed by atoms with Gasteiger partial charge in [-0.15, -0.1) is 0 Å². The fourth-order valence-electron chi connectivity index (χ4n) is 2.48. The lowest BCUT2D eigenvalue weighted by Crippen LogP contribution is -2.52. The summed E-state index contributed by atoms with van der Waals surface area (Å²) in [6.45, 7) is 6.87. The summed E-state index contributed by atoms with van der Waals surface area (Å²) in [7, 11) is 0. The van der Waals surface area contributed by atoms with Crippen molar-refractivity contribution < 1.29 is 18.8 Å². The third-order valence-electron chi connectivity index (χ3n) is 3.82. The van der Waals surface area contributed by atoms with Gasteiger partial charge in [-0.25, -0.2) is 4.39 Å². The zero-order valence-corrected chi connectivity index (χ0v) is 17.8. The summed E-state index contributed by atoms with van der Waals surface area (Å²) in [5, 5.41) is 2.56. The van der Waals surface area contributed by atoms with Crippen molar-refractivity contribution in [3.05, 3.63) is 39.6 Å². The van der Waals surface area contributed by atoms with Crippen LogP contribution in [0.4, 0.5) is 15.8 Å². The van der Waals surface area contributed by atoms with Crippen molar-refractivity contribution in [3.8, 4) is 0 Å². The number of hydrogen-bond acceptors (Lipinski definition) is 6. The third-order valence-corrected chi connectivity index (χ3v) is 4.96. The van der Waals surface area contributed by atoms with Gasteiger partial charge in [-0.2, -0.15) is 4.37 Å². The first-order valence-corrected chi connectivity index (χ1v) is 9.64. The predicted molar refractivity (Wildman–Crippen MR) is 111 cm³/mol. The number of nitrogens with zero attached hydrogens (tertiary/aromatic N) is 2. The molecule has 0 fully saturated rings. The molecule has 0 aliphatic carbocycles. The van der Waals surface area contributed by atoms with Gasteiger partial charge in [-0.3, -0.25) is 19.3 Å². The summed E-state index contributed by atoms with van der Waals surface area (Å²) in [6.07, 6.45) is 0. The molecule has 0 aliphatic heterocycles. The quantitative estimate of drug-likeness (QED) is 0.656. The number of rotatable bonds is 5. The second-order valence-electron chi connectivity index (χ2n) is 7.33. The topological polar surface area (TPSA) is 131 Å². The molecule has 0 spiro atoms. The second-order valence-corrected chi connectivity index (χ2v) is 8.51. The lowest BCUT2D eigenvalue weighted by atomic mass is 10.1. The number of carbonyl (C=O) groups excluding carboxylic acids is 3. The van der Waals surface area contributed by atoms with Crippen molar-refractivity contribution in [1.29, 1.82) is 0 Å². The number of nitrogens with two attached hydrogens (primary N) is 2. The first-order valence-electron chi connectivity index (χ1n) is 8.49. The van der Waals surface area contributed by atoms with Crippen molar-refractivity contribution in [1.82, 2.24) is 9.69 Å². The molecule has 0 saturated carbocycles. The van der Waals surface area contributed by atoms with E-state index in [2.05, 4.69) is 9.69 Å². The van der Waals surface area contributed by atoms with Crippen LogP contribution >= 0.6 is 23.1 Å². The highest BCUT2D eigenvalue weighted by Crippen LogP contribution is 2.30. The fourth-order valence-corrected chi connectivity index (χ4v) is 3.40. The van der Waals surface area contributed by atoms with Crippen LogP contribution in [0.3, 0.4) is 0 Å². The first kappa shape index (κ1) is 22.6. The summed E-state index contributed by atoms with van der Waals surface area (Å²) in [5.74, 6) is -2.72. The molecule has 1 aromatic heterocycles. The number of hydrogen-bond donors (Lipinski definition) is 3. The second kappa shape index (κ2) is 8.34. The number of amides is 3. The zero-order valence-electron chi connectivity index (χ0n) is 16.2. The van der Waals surface area contributed by atoms with E-state index < -0.39 is 35.1 Å². The van der Waals surface area contributed by atoms with E-state index in [0.717, 1.165) is 11.0 Å². The molecule has 3 amide bonds. The SMILES string of the molecule is C[C@H](C(=O)NC(C)(C)C)N(C(=O)c1snc(C(N)=O)c1N)c1ccc(F)c(Cl)c1. The molecule has 0 bridgehead atoms. The number of carbonyl (C=O) groups is 3. The highest BCUT2D eigenvalue weighted by molar-refractivity contribution is 7.09. The van der Waals surface area contributed by atoms with Crippen LogP contribution in [0.25, 0.3) is 0 Å². The zero-order chi connectivity index (χ0) is 22.1. The Bertz CT molecular complexity index is 973. The van der Waals surface area contributed by atoms with Gasteiger partial charge in [0.25, 0.3) is 11.8 Å². The number of anilines is 2. The molecule has 0 unspecified atom stereocenters. The molecule has 2 rings (SSSR count). The van der Waals surface area contributed by atoms with E-state index in [4.69, 9.17) is 23.1 Å². The van der Waals surface area contributed by atoms with E-state index in [1.54, 1.807) is 20.8 Å². The van der Waals surface area contributed by atoms with Gasteiger partial charge in [0.1, 0.15) is 16.7 Å². The van der Waals surface area contributed by atoms with Crippen molar-refractivity contribution in [2.24, 2.45) is 5.73 Å². The van der Waals surface area contributed by atoms with E-state index in [1.165, 1.54) is 19.1 Å². The van der Waals surface area contributed by atoms with E-state index in [-0.39, 0.29) is 27.0 Å².